The molecular weight excluding hydrogens is 288 g/mol. The minimum Gasteiger partial charge on any atom is -0.267 e. The van der Waals surface area contributed by atoms with E-state index in [2.05, 4.69) is 9.47 Å². The number of hydrogen-bond donors (Lipinski definition) is 1. The fraction of sp³-hybridized carbons (Fsp3) is 0.300. The van der Waals surface area contributed by atoms with Gasteiger partial charge >= 0.3 is 0 Å². The van der Waals surface area contributed by atoms with Gasteiger partial charge in [0.25, 0.3) is 15.9 Å². The molecular formula is C10H12N4O3S2. The van der Waals surface area contributed by atoms with E-state index in [1.165, 1.54) is 24.0 Å². The number of nitrogens with zero attached hydrogens (tertiary/aromatic N) is 3. The Hall–Kier alpha value is -1.74. The molecule has 0 spiro atoms. The third-order valence-corrected chi connectivity index (χ3v) is 4.82. The van der Waals surface area contributed by atoms with E-state index in [0.29, 0.717) is 11.3 Å². The quantitative estimate of drug-likeness (QED) is 0.896. The molecule has 2 aromatic rings. The number of nitrogens with one attached hydrogen (secondary N) is 1. The van der Waals surface area contributed by atoms with Crippen LogP contribution in [0, 0.1) is 13.8 Å². The van der Waals surface area contributed by atoms with Gasteiger partial charge in [-0.25, -0.2) is 4.72 Å². The Balaban J connectivity index is 2.30. The highest BCUT2D eigenvalue weighted by Gasteiger charge is 2.25. The van der Waals surface area contributed by atoms with Crippen LogP contribution in [0.15, 0.2) is 17.3 Å². The van der Waals surface area contributed by atoms with Crippen LogP contribution in [0.1, 0.15) is 20.9 Å². The number of sulfonamides is 1. The summed E-state index contributed by atoms with van der Waals surface area (Å²) >= 11 is 0.955. The maximum Gasteiger partial charge on any atom is 0.281 e. The zero-order valence-corrected chi connectivity index (χ0v) is 12.2. The average Bonchev–Trinajstić information content (AvgIpc) is 2.85. The smallest absolute Gasteiger partial charge is 0.267 e. The lowest BCUT2D eigenvalue weighted by molar-refractivity contribution is 0.0985. The number of rotatable bonds is 3. The molecule has 1 N–H and O–H groups in total. The molecule has 0 radical (unpaired) electrons. The molecule has 0 aliphatic heterocycles. The maximum absolute atomic E-state index is 12.1. The van der Waals surface area contributed by atoms with Crippen LogP contribution in [0.3, 0.4) is 0 Å². The maximum atomic E-state index is 12.1. The fourth-order valence-electron chi connectivity index (χ4n) is 1.61. The first-order valence-corrected chi connectivity index (χ1v) is 7.56. The highest BCUT2D eigenvalue weighted by atomic mass is 32.2. The second kappa shape index (κ2) is 4.74. The number of aromatic nitrogens is 3. The van der Waals surface area contributed by atoms with E-state index in [0.717, 1.165) is 11.5 Å². The van der Waals surface area contributed by atoms with Crippen LogP contribution in [0.4, 0.5) is 0 Å². The Labute approximate surface area is 114 Å². The summed E-state index contributed by atoms with van der Waals surface area (Å²) < 4.78 is 31.4. The predicted octanol–water partition coefficient (Wildman–Crippen LogP) is 0.612. The average molecular weight is 300 g/mol. The van der Waals surface area contributed by atoms with Crippen molar-refractivity contribution in [1.82, 2.24) is 18.9 Å². The van der Waals surface area contributed by atoms with E-state index < -0.39 is 15.9 Å². The van der Waals surface area contributed by atoms with Crippen LogP contribution in [0.2, 0.25) is 0 Å². The number of carbonyl (C=O) groups excluding carboxylic acids is 1. The lowest BCUT2D eigenvalue weighted by Crippen LogP contribution is -2.31. The minimum absolute atomic E-state index is 0.0258. The SMILES string of the molecule is Cc1cc(C(=O)NS(=O)(=O)c2c(C)cnn2C)sn1. The van der Waals surface area contributed by atoms with Crippen molar-refractivity contribution in [3.63, 3.8) is 0 Å². The van der Waals surface area contributed by atoms with Gasteiger partial charge in [-0.3, -0.25) is 9.48 Å². The van der Waals surface area contributed by atoms with Gasteiger partial charge in [-0.05, 0) is 31.4 Å². The number of amides is 1. The molecule has 19 heavy (non-hydrogen) atoms. The number of carbonyl (C=O) groups is 1. The second-order valence-corrected chi connectivity index (χ2v) is 6.43. The van der Waals surface area contributed by atoms with Gasteiger partial charge in [-0.1, -0.05) is 0 Å². The summed E-state index contributed by atoms with van der Waals surface area (Å²) in [5.41, 5.74) is 1.15. The topological polar surface area (TPSA) is 94.0 Å². The molecule has 0 aliphatic rings. The molecule has 0 aliphatic carbocycles. The zero-order valence-electron chi connectivity index (χ0n) is 10.5. The van der Waals surface area contributed by atoms with Crippen LogP contribution in [-0.4, -0.2) is 28.5 Å². The third-order valence-electron chi connectivity index (χ3n) is 2.39. The van der Waals surface area contributed by atoms with Crippen molar-refractivity contribution in [1.29, 1.82) is 0 Å². The first-order valence-electron chi connectivity index (χ1n) is 5.30. The van der Waals surface area contributed by atoms with Gasteiger partial charge in [-0.15, -0.1) is 0 Å². The first-order chi connectivity index (χ1) is 8.81. The highest BCUT2D eigenvalue weighted by Crippen LogP contribution is 2.15. The Morgan fingerprint density at radius 1 is 1.42 bits per heavy atom. The van der Waals surface area contributed by atoms with Gasteiger partial charge < -0.3 is 0 Å². The minimum atomic E-state index is -3.94. The van der Waals surface area contributed by atoms with Crippen LogP contribution >= 0.6 is 11.5 Å². The van der Waals surface area contributed by atoms with Gasteiger partial charge in [0.15, 0.2) is 5.03 Å². The lowest BCUT2D eigenvalue weighted by atomic mass is 10.4. The monoisotopic (exact) mass is 300 g/mol. The second-order valence-electron chi connectivity index (χ2n) is 4.02. The third kappa shape index (κ3) is 2.66. The summed E-state index contributed by atoms with van der Waals surface area (Å²) in [4.78, 5) is 12.1. The largest absolute Gasteiger partial charge is 0.281 e. The molecule has 0 saturated heterocycles. The molecule has 0 aromatic carbocycles. The number of hydrogen-bond acceptors (Lipinski definition) is 6. The van der Waals surface area contributed by atoms with Crippen molar-refractivity contribution in [3.05, 3.63) is 28.4 Å². The van der Waals surface area contributed by atoms with E-state index in [-0.39, 0.29) is 9.90 Å². The Morgan fingerprint density at radius 3 is 2.58 bits per heavy atom. The van der Waals surface area contributed by atoms with Crippen molar-refractivity contribution >= 4 is 27.5 Å². The summed E-state index contributed by atoms with van der Waals surface area (Å²) in [7, 11) is -2.43. The molecule has 0 atom stereocenters. The van der Waals surface area contributed by atoms with E-state index in [4.69, 9.17) is 0 Å². The summed E-state index contributed by atoms with van der Waals surface area (Å²) in [6.45, 7) is 3.34. The van der Waals surface area contributed by atoms with Crippen LogP contribution < -0.4 is 4.72 Å². The summed E-state index contributed by atoms with van der Waals surface area (Å²) in [6.07, 6.45) is 1.43. The zero-order chi connectivity index (χ0) is 14.2. The van der Waals surface area contributed by atoms with Gasteiger partial charge in [0.1, 0.15) is 4.88 Å². The molecule has 2 rings (SSSR count). The molecule has 0 unspecified atom stereocenters. The van der Waals surface area contributed by atoms with E-state index >= 15 is 0 Å². The van der Waals surface area contributed by atoms with Gasteiger partial charge in [0, 0.05) is 12.6 Å². The van der Waals surface area contributed by atoms with Crippen molar-refractivity contribution in [3.8, 4) is 0 Å². The predicted molar refractivity (Wildman–Crippen MR) is 69.4 cm³/mol. The van der Waals surface area contributed by atoms with Crippen molar-refractivity contribution in [2.45, 2.75) is 18.9 Å². The van der Waals surface area contributed by atoms with Crippen LogP contribution in [-0.2, 0) is 17.1 Å². The van der Waals surface area contributed by atoms with Gasteiger partial charge in [0.05, 0.1) is 11.9 Å². The lowest BCUT2D eigenvalue weighted by Gasteiger charge is -2.06. The van der Waals surface area contributed by atoms with Gasteiger partial charge in [-0.2, -0.15) is 17.9 Å². The molecule has 1 amide bonds. The normalized spacial score (nSPS) is 11.5. The van der Waals surface area contributed by atoms with E-state index in [9.17, 15) is 13.2 Å². The molecule has 9 heteroatoms. The van der Waals surface area contributed by atoms with Gasteiger partial charge in [0.2, 0.25) is 0 Å². The summed E-state index contributed by atoms with van der Waals surface area (Å²) in [5.74, 6) is -0.689. The van der Waals surface area contributed by atoms with Crippen molar-refractivity contribution in [2.75, 3.05) is 0 Å². The molecule has 7 nitrogen and oxygen atoms in total. The number of aryl methyl sites for hydroxylation is 3. The standard InChI is InChI=1S/C10H12N4O3S2/c1-6-5-11-14(3)10(6)19(16,17)13-9(15)8-4-7(2)12-18-8/h4-5H,1-3H3,(H,13,15). The van der Waals surface area contributed by atoms with Crippen LogP contribution in [0.25, 0.3) is 0 Å². The summed E-state index contributed by atoms with van der Waals surface area (Å²) in [5, 5.41) is 3.82. The molecule has 2 heterocycles. The Kier molecular flexibility index (Phi) is 3.42. The van der Waals surface area contributed by atoms with Crippen molar-refractivity contribution < 1.29 is 13.2 Å². The summed E-state index contributed by atoms with van der Waals surface area (Å²) in [6, 6.07) is 1.53. The molecule has 2 aromatic heterocycles. The van der Waals surface area contributed by atoms with E-state index in [1.807, 2.05) is 4.72 Å². The molecule has 0 bridgehead atoms. The van der Waals surface area contributed by atoms with E-state index in [1.54, 1.807) is 13.8 Å². The Bertz CT molecular complexity index is 710. The Morgan fingerprint density at radius 2 is 2.11 bits per heavy atom. The van der Waals surface area contributed by atoms with Crippen LogP contribution in [0.5, 0.6) is 0 Å². The fourth-order valence-corrected chi connectivity index (χ4v) is 3.65. The molecule has 0 saturated carbocycles. The first kappa shape index (κ1) is 13.7. The highest BCUT2D eigenvalue weighted by molar-refractivity contribution is 7.90. The van der Waals surface area contributed by atoms with Crippen molar-refractivity contribution in [2.24, 2.45) is 7.05 Å². The molecule has 0 fully saturated rings. The molecule has 102 valence electrons.